The van der Waals surface area contributed by atoms with Crippen LogP contribution in [0.1, 0.15) is 30.1 Å². The van der Waals surface area contributed by atoms with Crippen molar-refractivity contribution in [3.8, 4) is 0 Å². The molecule has 1 unspecified atom stereocenters. The standard InChI is InChI=1S/C13H18N2O/c1-2-15-10-6-9-12(15)14-13(16)11-7-4-3-5-8-11/h3-5,7-8,12H,2,6,9-10H2,1H3,(H,14,16). The molecule has 1 saturated heterocycles. The molecule has 1 aliphatic heterocycles. The van der Waals surface area contributed by atoms with Crippen molar-refractivity contribution < 1.29 is 4.79 Å². The first-order chi connectivity index (χ1) is 7.81. The quantitative estimate of drug-likeness (QED) is 0.840. The summed E-state index contributed by atoms with van der Waals surface area (Å²) >= 11 is 0. The minimum Gasteiger partial charge on any atom is -0.336 e. The molecule has 1 heterocycles. The Morgan fingerprint density at radius 3 is 2.88 bits per heavy atom. The average molecular weight is 218 g/mol. The Bertz CT molecular complexity index is 350. The molecule has 0 bridgehead atoms. The van der Waals surface area contributed by atoms with Crippen LogP contribution in [0.15, 0.2) is 30.3 Å². The molecule has 0 radical (unpaired) electrons. The third kappa shape index (κ3) is 2.42. The van der Waals surface area contributed by atoms with Crippen molar-refractivity contribution in [1.82, 2.24) is 10.2 Å². The van der Waals surface area contributed by atoms with E-state index in [0.29, 0.717) is 0 Å². The van der Waals surface area contributed by atoms with Gasteiger partial charge in [-0.05, 0) is 31.5 Å². The maximum absolute atomic E-state index is 11.9. The Labute approximate surface area is 96.5 Å². The lowest BCUT2D eigenvalue weighted by atomic mass is 10.2. The number of nitrogens with one attached hydrogen (secondary N) is 1. The average Bonchev–Trinajstić information content (AvgIpc) is 2.77. The van der Waals surface area contributed by atoms with Gasteiger partial charge in [0.2, 0.25) is 0 Å². The van der Waals surface area contributed by atoms with E-state index >= 15 is 0 Å². The van der Waals surface area contributed by atoms with E-state index in [1.807, 2.05) is 30.3 Å². The summed E-state index contributed by atoms with van der Waals surface area (Å²) in [5.41, 5.74) is 0.741. The Morgan fingerprint density at radius 1 is 1.44 bits per heavy atom. The van der Waals surface area contributed by atoms with Crippen LogP contribution in [0.3, 0.4) is 0 Å². The summed E-state index contributed by atoms with van der Waals surface area (Å²) in [5, 5.41) is 3.08. The molecule has 1 atom stereocenters. The van der Waals surface area contributed by atoms with E-state index in [9.17, 15) is 4.79 Å². The van der Waals surface area contributed by atoms with Gasteiger partial charge in [-0.2, -0.15) is 0 Å². The first-order valence-corrected chi connectivity index (χ1v) is 5.91. The highest BCUT2D eigenvalue weighted by atomic mass is 16.1. The van der Waals surface area contributed by atoms with E-state index in [1.54, 1.807) is 0 Å². The summed E-state index contributed by atoms with van der Waals surface area (Å²) in [6.07, 6.45) is 2.46. The zero-order valence-corrected chi connectivity index (χ0v) is 9.65. The smallest absolute Gasteiger partial charge is 0.252 e. The van der Waals surface area contributed by atoms with Crippen molar-refractivity contribution in [1.29, 1.82) is 0 Å². The zero-order chi connectivity index (χ0) is 11.4. The Morgan fingerprint density at radius 2 is 2.19 bits per heavy atom. The second kappa shape index (κ2) is 5.12. The van der Waals surface area contributed by atoms with Crippen molar-refractivity contribution in [3.05, 3.63) is 35.9 Å². The van der Waals surface area contributed by atoms with E-state index in [-0.39, 0.29) is 12.1 Å². The number of nitrogens with zero attached hydrogens (tertiary/aromatic N) is 1. The Hall–Kier alpha value is -1.35. The maximum atomic E-state index is 11.9. The molecule has 1 amide bonds. The Kier molecular flexibility index (Phi) is 3.57. The minimum atomic E-state index is 0.0333. The largest absolute Gasteiger partial charge is 0.336 e. The summed E-state index contributed by atoms with van der Waals surface area (Å²) in [6, 6.07) is 9.40. The lowest BCUT2D eigenvalue weighted by molar-refractivity contribution is 0.0890. The number of hydrogen-bond acceptors (Lipinski definition) is 2. The molecular formula is C13H18N2O. The first kappa shape index (κ1) is 11.1. The third-order valence-corrected chi connectivity index (χ3v) is 3.10. The Balaban J connectivity index is 1.97. The van der Waals surface area contributed by atoms with Gasteiger partial charge in [0.25, 0.3) is 5.91 Å². The molecule has 0 aromatic heterocycles. The topological polar surface area (TPSA) is 32.3 Å². The van der Waals surface area contributed by atoms with E-state index in [4.69, 9.17) is 0 Å². The molecule has 3 heteroatoms. The third-order valence-electron chi connectivity index (χ3n) is 3.10. The molecule has 1 N–H and O–H groups in total. The monoisotopic (exact) mass is 218 g/mol. The highest BCUT2D eigenvalue weighted by Gasteiger charge is 2.24. The predicted molar refractivity (Wildman–Crippen MR) is 64.2 cm³/mol. The van der Waals surface area contributed by atoms with E-state index in [0.717, 1.165) is 25.1 Å². The molecule has 1 fully saturated rings. The summed E-state index contributed by atoms with van der Waals surface area (Å²) in [6.45, 7) is 4.23. The second-order valence-corrected chi connectivity index (χ2v) is 4.13. The zero-order valence-electron chi connectivity index (χ0n) is 9.65. The van der Waals surface area contributed by atoms with Crippen LogP contribution in [0.5, 0.6) is 0 Å². The molecule has 1 aromatic rings. The number of carbonyl (C=O) groups is 1. The number of rotatable bonds is 3. The van der Waals surface area contributed by atoms with Crippen LogP contribution >= 0.6 is 0 Å². The molecule has 2 rings (SSSR count). The number of hydrogen-bond donors (Lipinski definition) is 1. The normalized spacial score (nSPS) is 20.9. The molecule has 3 nitrogen and oxygen atoms in total. The SMILES string of the molecule is CCN1CCCC1NC(=O)c1ccccc1. The van der Waals surface area contributed by atoms with Gasteiger partial charge in [-0.15, -0.1) is 0 Å². The van der Waals surface area contributed by atoms with Gasteiger partial charge < -0.3 is 5.32 Å². The summed E-state index contributed by atoms with van der Waals surface area (Å²) in [7, 11) is 0. The van der Waals surface area contributed by atoms with Gasteiger partial charge in [0, 0.05) is 12.1 Å². The van der Waals surface area contributed by atoms with E-state index < -0.39 is 0 Å². The van der Waals surface area contributed by atoms with E-state index in [1.165, 1.54) is 6.42 Å². The van der Waals surface area contributed by atoms with Crippen LogP contribution < -0.4 is 5.32 Å². The van der Waals surface area contributed by atoms with Crippen molar-refractivity contribution in [2.45, 2.75) is 25.9 Å². The van der Waals surface area contributed by atoms with Gasteiger partial charge in [-0.1, -0.05) is 25.1 Å². The fraction of sp³-hybridized carbons (Fsp3) is 0.462. The van der Waals surface area contributed by atoms with E-state index in [2.05, 4.69) is 17.1 Å². The first-order valence-electron chi connectivity index (χ1n) is 5.91. The van der Waals surface area contributed by atoms with Crippen LogP contribution in [-0.2, 0) is 0 Å². The predicted octanol–water partition coefficient (Wildman–Crippen LogP) is 1.86. The van der Waals surface area contributed by atoms with Crippen molar-refractivity contribution in [3.63, 3.8) is 0 Å². The molecule has 1 aliphatic rings. The van der Waals surface area contributed by atoms with Gasteiger partial charge in [-0.25, -0.2) is 0 Å². The second-order valence-electron chi connectivity index (χ2n) is 4.13. The summed E-state index contributed by atoms with van der Waals surface area (Å²) in [5.74, 6) is 0.0333. The molecule has 0 spiro atoms. The van der Waals surface area contributed by atoms with Gasteiger partial charge in [0.05, 0.1) is 6.17 Å². The lowest BCUT2D eigenvalue weighted by Crippen LogP contribution is -2.44. The summed E-state index contributed by atoms with van der Waals surface area (Å²) < 4.78 is 0. The maximum Gasteiger partial charge on any atom is 0.252 e. The molecule has 16 heavy (non-hydrogen) atoms. The molecule has 86 valence electrons. The van der Waals surface area contributed by atoms with Crippen molar-refractivity contribution >= 4 is 5.91 Å². The highest BCUT2D eigenvalue weighted by molar-refractivity contribution is 5.94. The minimum absolute atomic E-state index is 0.0333. The van der Waals surface area contributed by atoms with Crippen LogP contribution in [0.25, 0.3) is 0 Å². The number of likely N-dealkylation sites (tertiary alicyclic amines) is 1. The molecular weight excluding hydrogens is 200 g/mol. The van der Waals surface area contributed by atoms with Gasteiger partial charge in [0.15, 0.2) is 0 Å². The number of carbonyl (C=O) groups excluding carboxylic acids is 1. The highest BCUT2D eigenvalue weighted by Crippen LogP contribution is 2.14. The van der Waals surface area contributed by atoms with Crippen LogP contribution in [0, 0.1) is 0 Å². The van der Waals surface area contributed by atoms with Crippen LogP contribution in [0.4, 0.5) is 0 Å². The lowest BCUT2D eigenvalue weighted by Gasteiger charge is -2.23. The number of amides is 1. The number of benzene rings is 1. The summed E-state index contributed by atoms with van der Waals surface area (Å²) in [4.78, 5) is 14.2. The van der Waals surface area contributed by atoms with Gasteiger partial charge >= 0.3 is 0 Å². The fourth-order valence-corrected chi connectivity index (χ4v) is 2.19. The van der Waals surface area contributed by atoms with Gasteiger partial charge in [0.1, 0.15) is 0 Å². The molecule has 0 aliphatic carbocycles. The fourth-order valence-electron chi connectivity index (χ4n) is 2.19. The van der Waals surface area contributed by atoms with Crippen LogP contribution in [0.2, 0.25) is 0 Å². The van der Waals surface area contributed by atoms with Crippen LogP contribution in [-0.4, -0.2) is 30.1 Å². The van der Waals surface area contributed by atoms with Crippen molar-refractivity contribution in [2.24, 2.45) is 0 Å². The molecule has 1 aromatic carbocycles. The molecule has 0 saturated carbocycles. The van der Waals surface area contributed by atoms with Crippen molar-refractivity contribution in [2.75, 3.05) is 13.1 Å². The van der Waals surface area contributed by atoms with Gasteiger partial charge in [-0.3, -0.25) is 9.69 Å².